The van der Waals surface area contributed by atoms with Gasteiger partial charge in [-0.2, -0.15) is 0 Å². The quantitative estimate of drug-likeness (QED) is 0.727. The molecule has 2 rings (SSSR count). The van der Waals surface area contributed by atoms with Crippen LogP contribution in [0.15, 0.2) is 30.3 Å². The summed E-state index contributed by atoms with van der Waals surface area (Å²) in [6, 6.07) is 10.8. The van der Waals surface area contributed by atoms with Gasteiger partial charge in [0.05, 0.1) is 0 Å². The molecule has 1 aromatic rings. The fraction of sp³-hybridized carbons (Fsp3) is 0.600. The van der Waals surface area contributed by atoms with Gasteiger partial charge in [0.25, 0.3) is 0 Å². The van der Waals surface area contributed by atoms with Crippen LogP contribution in [0.2, 0.25) is 0 Å². The smallest absolute Gasteiger partial charge is 0.0233 e. The van der Waals surface area contributed by atoms with Gasteiger partial charge in [0, 0.05) is 13.1 Å². The lowest BCUT2D eigenvalue weighted by molar-refractivity contribution is 0.312. The highest BCUT2D eigenvalue weighted by molar-refractivity contribution is 5.14. The van der Waals surface area contributed by atoms with Gasteiger partial charge in [-0.1, -0.05) is 50.1 Å². The number of rotatable bonds is 5. The second-order valence-electron chi connectivity index (χ2n) is 5.02. The van der Waals surface area contributed by atoms with Crippen LogP contribution in [0.1, 0.15) is 38.2 Å². The largest absolute Gasteiger partial charge is 0.299 e. The molecule has 0 N–H and O–H groups in total. The second kappa shape index (κ2) is 6.05. The average Bonchev–Trinajstić information content (AvgIpc) is 2.75. The highest BCUT2D eigenvalue weighted by Gasteiger charge is 2.21. The van der Waals surface area contributed by atoms with E-state index in [0.717, 1.165) is 12.5 Å². The molecule has 88 valence electrons. The number of nitrogens with zero attached hydrogens (tertiary/aromatic N) is 1. The van der Waals surface area contributed by atoms with Crippen LogP contribution in [0.3, 0.4) is 0 Å². The number of likely N-dealkylation sites (tertiary alicyclic amines) is 1. The molecule has 0 spiro atoms. The molecule has 1 heterocycles. The van der Waals surface area contributed by atoms with Gasteiger partial charge in [-0.15, -0.1) is 0 Å². The van der Waals surface area contributed by atoms with Gasteiger partial charge < -0.3 is 0 Å². The predicted molar refractivity (Wildman–Crippen MR) is 69.4 cm³/mol. The van der Waals surface area contributed by atoms with Crippen molar-refractivity contribution in [1.82, 2.24) is 4.90 Å². The molecule has 1 fully saturated rings. The van der Waals surface area contributed by atoms with Crippen LogP contribution in [-0.2, 0) is 6.54 Å². The van der Waals surface area contributed by atoms with E-state index in [1.54, 1.807) is 0 Å². The van der Waals surface area contributed by atoms with E-state index in [9.17, 15) is 0 Å². The van der Waals surface area contributed by atoms with E-state index in [2.05, 4.69) is 42.2 Å². The lowest BCUT2D eigenvalue weighted by Crippen LogP contribution is -2.20. The predicted octanol–water partition coefficient (Wildman–Crippen LogP) is 3.70. The summed E-state index contributed by atoms with van der Waals surface area (Å²) in [4.78, 5) is 2.61. The van der Waals surface area contributed by atoms with Crippen molar-refractivity contribution >= 4 is 0 Å². The van der Waals surface area contributed by atoms with Crippen molar-refractivity contribution in [2.45, 2.75) is 39.2 Å². The molecule has 0 aliphatic carbocycles. The summed E-state index contributed by atoms with van der Waals surface area (Å²) in [5.41, 5.74) is 1.46. The molecule has 16 heavy (non-hydrogen) atoms. The van der Waals surface area contributed by atoms with Crippen molar-refractivity contribution < 1.29 is 0 Å². The van der Waals surface area contributed by atoms with Crippen molar-refractivity contribution in [3.05, 3.63) is 35.9 Å². The molecule has 0 saturated carbocycles. The molecule has 0 radical (unpaired) electrons. The highest BCUT2D eigenvalue weighted by atomic mass is 15.1. The van der Waals surface area contributed by atoms with Crippen LogP contribution in [0.25, 0.3) is 0 Å². The van der Waals surface area contributed by atoms with Crippen LogP contribution in [-0.4, -0.2) is 18.0 Å². The Kier molecular flexibility index (Phi) is 4.41. The normalized spacial score (nSPS) is 21.4. The first-order valence-corrected chi connectivity index (χ1v) is 6.64. The highest BCUT2D eigenvalue weighted by Crippen LogP contribution is 2.22. The van der Waals surface area contributed by atoms with Gasteiger partial charge in [-0.25, -0.2) is 0 Å². The van der Waals surface area contributed by atoms with Gasteiger partial charge in [0.15, 0.2) is 0 Å². The maximum atomic E-state index is 2.61. The zero-order chi connectivity index (χ0) is 11.2. The molecule has 1 aliphatic rings. The fourth-order valence-corrected chi connectivity index (χ4v) is 2.63. The molecule has 1 unspecified atom stereocenters. The first-order valence-electron chi connectivity index (χ1n) is 6.64. The van der Waals surface area contributed by atoms with E-state index in [1.165, 1.54) is 44.3 Å². The number of hydrogen-bond donors (Lipinski definition) is 0. The van der Waals surface area contributed by atoms with Crippen LogP contribution >= 0.6 is 0 Å². The molecule has 1 atom stereocenters. The fourth-order valence-electron chi connectivity index (χ4n) is 2.63. The maximum Gasteiger partial charge on any atom is 0.0233 e. The molecule has 0 bridgehead atoms. The Morgan fingerprint density at radius 2 is 2.06 bits per heavy atom. The summed E-state index contributed by atoms with van der Waals surface area (Å²) >= 11 is 0. The summed E-state index contributed by atoms with van der Waals surface area (Å²) in [5.74, 6) is 0.962. The van der Waals surface area contributed by atoms with Gasteiger partial charge >= 0.3 is 0 Å². The van der Waals surface area contributed by atoms with E-state index in [4.69, 9.17) is 0 Å². The molecule has 0 amide bonds. The van der Waals surface area contributed by atoms with Crippen LogP contribution < -0.4 is 0 Å². The van der Waals surface area contributed by atoms with Crippen molar-refractivity contribution in [2.24, 2.45) is 5.92 Å². The summed E-state index contributed by atoms with van der Waals surface area (Å²) < 4.78 is 0. The molecule has 1 aliphatic heterocycles. The lowest BCUT2D eigenvalue weighted by Gasteiger charge is -2.15. The van der Waals surface area contributed by atoms with Crippen LogP contribution in [0.4, 0.5) is 0 Å². The van der Waals surface area contributed by atoms with Crippen molar-refractivity contribution in [2.75, 3.05) is 13.1 Å². The first-order chi connectivity index (χ1) is 7.88. The van der Waals surface area contributed by atoms with E-state index in [1.807, 2.05) is 0 Å². The SMILES string of the molecule is CCCCC1CCN(Cc2ccccc2)C1. The van der Waals surface area contributed by atoms with Crippen molar-refractivity contribution in [1.29, 1.82) is 0 Å². The van der Waals surface area contributed by atoms with Gasteiger partial charge in [0.1, 0.15) is 0 Å². The van der Waals surface area contributed by atoms with Crippen LogP contribution in [0, 0.1) is 5.92 Å². The summed E-state index contributed by atoms with van der Waals surface area (Å²) in [5, 5.41) is 0. The second-order valence-corrected chi connectivity index (χ2v) is 5.02. The molecule has 0 aromatic heterocycles. The summed E-state index contributed by atoms with van der Waals surface area (Å²) in [6.45, 7) is 6.04. The lowest BCUT2D eigenvalue weighted by atomic mass is 10.0. The van der Waals surface area contributed by atoms with Crippen LogP contribution in [0.5, 0.6) is 0 Å². The molecule has 1 nitrogen and oxygen atoms in total. The Hall–Kier alpha value is -0.820. The van der Waals surface area contributed by atoms with E-state index < -0.39 is 0 Å². The zero-order valence-electron chi connectivity index (χ0n) is 10.4. The molecule has 1 saturated heterocycles. The monoisotopic (exact) mass is 217 g/mol. The van der Waals surface area contributed by atoms with Crippen molar-refractivity contribution in [3.8, 4) is 0 Å². The summed E-state index contributed by atoms with van der Waals surface area (Å²) in [7, 11) is 0. The standard InChI is InChI=1S/C15H23N/c1-2-3-7-15-10-11-16(13-15)12-14-8-5-4-6-9-14/h4-6,8-9,15H,2-3,7,10-13H2,1H3. The third-order valence-corrected chi connectivity index (χ3v) is 3.58. The molecule has 1 heteroatoms. The summed E-state index contributed by atoms with van der Waals surface area (Å²) in [6.07, 6.45) is 5.59. The van der Waals surface area contributed by atoms with E-state index in [-0.39, 0.29) is 0 Å². The van der Waals surface area contributed by atoms with Gasteiger partial charge in [-0.05, 0) is 30.9 Å². The minimum atomic E-state index is 0.962. The zero-order valence-corrected chi connectivity index (χ0v) is 10.4. The Morgan fingerprint density at radius 3 is 2.81 bits per heavy atom. The average molecular weight is 217 g/mol. The van der Waals surface area contributed by atoms with Crippen molar-refractivity contribution in [3.63, 3.8) is 0 Å². The minimum Gasteiger partial charge on any atom is -0.299 e. The minimum absolute atomic E-state index is 0.962. The number of hydrogen-bond acceptors (Lipinski definition) is 1. The Balaban J connectivity index is 1.76. The Bertz CT molecular complexity index is 294. The topological polar surface area (TPSA) is 3.24 Å². The van der Waals surface area contributed by atoms with E-state index >= 15 is 0 Å². The Labute approximate surface area is 99.5 Å². The van der Waals surface area contributed by atoms with Gasteiger partial charge in [0.2, 0.25) is 0 Å². The molecule has 1 aromatic carbocycles. The van der Waals surface area contributed by atoms with Gasteiger partial charge in [-0.3, -0.25) is 4.90 Å². The van der Waals surface area contributed by atoms with E-state index in [0.29, 0.717) is 0 Å². The maximum absolute atomic E-state index is 2.61. The molecular weight excluding hydrogens is 194 g/mol. The molecular formula is C15H23N. The number of benzene rings is 1. The Morgan fingerprint density at radius 1 is 1.25 bits per heavy atom. The third-order valence-electron chi connectivity index (χ3n) is 3.58. The first kappa shape index (κ1) is 11.7. The number of unbranched alkanes of at least 4 members (excludes halogenated alkanes) is 1. The third kappa shape index (κ3) is 3.34.